The normalized spacial score (nSPS) is 24.7. The number of nitrogens with two attached hydrogens (primary N) is 1. The molecule has 2 aromatic rings. The highest BCUT2D eigenvalue weighted by atomic mass is 35.5. The average molecular weight is 357 g/mol. The lowest BCUT2D eigenvalue weighted by atomic mass is 9.98. The fraction of sp³-hybridized carbons (Fsp3) is 0.381. The third-order valence-corrected chi connectivity index (χ3v) is 5.68. The van der Waals surface area contributed by atoms with E-state index in [1.165, 1.54) is 12.0 Å². The van der Waals surface area contributed by atoms with Gasteiger partial charge in [-0.2, -0.15) is 0 Å². The number of nitrogens with zero attached hydrogens (tertiary/aromatic N) is 1. The number of carbonyl (C=O) groups excluding carboxylic acids is 1. The summed E-state index contributed by atoms with van der Waals surface area (Å²) in [6, 6.07) is 18.6. The topological polar surface area (TPSA) is 46.3 Å². The van der Waals surface area contributed by atoms with Crippen molar-refractivity contribution >= 4 is 18.3 Å². The van der Waals surface area contributed by atoms with E-state index >= 15 is 0 Å². The predicted octanol–water partition coefficient (Wildman–Crippen LogP) is 3.51. The standard InChI is InChI=1S/C21H24N2O.ClH/c22-20-11-10-17-13-23(14-19(17)20)21(24)18-9-5-4-8-16(18)12-15-6-2-1-3-7-15;/h1-9,17,19-20H,10-14,22H2;1H. The van der Waals surface area contributed by atoms with Gasteiger partial charge in [-0.05, 0) is 48.3 Å². The SMILES string of the molecule is Cl.NC1CCC2CN(C(=O)c3ccccc3Cc3ccccc3)CC12. The van der Waals surface area contributed by atoms with E-state index in [0.717, 1.165) is 37.1 Å². The van der Waals surface area contributed by atoms with Crippen LogP contribution in [0.4, 0.5) is 0 Å². The van der Waals surface area contributed by atoms with Gasteiger partial charge in [0.25, 0.3) is 5.91 Å². The van der Waals surface area contributed by atoms with Crippen molar-refractivity contribution in [2.75, 3.05) is 13.1 Å². The molecule has 1 aliphatic carbocycles. The van der Waals surface area contributed by atoms with Crippen LogP contribution < -0.4 is 5.73 Å². The largest absolute Gasteiger partial charge is 0.338 e. The molecule has 4 heteroatoms. The molecule has 1 aliphatic heterocycles. The van der Waals surface area contributed by atoms with Crippen molar-refractivity contribution in [2.24, 2.45) is 17.6 Å². The summed E-state index contributed by atoms with van der Waals surface area (Å²) < 4.78 is 0. The molecule has 2 fully saturated rings. The van der Waals surface area contributed by atoms with Crippen molar-refractivity contribution in [1.82, 2.24) is 4.90 Å². The zero-order chi connectivity index (χ0) is 16.5. The number of likely N-dealkylation sites (tertiary alicyclic amines) is 1. The molecular formula is C21H25ClN2O. The summed E-state index contributed by atoms with van der Waals surface area (Å²) >= 11 is 0. The van der Waals surface area contributed by atoms with Crippen LogP contribution in [0.1, 0.15) is 34.3 Å². The van der Waals surface area contributed by atoms with E-state index in [2.05, 4.69) is 18.2 Å². The van der Waals surface area contributed by atoms with E-state index in [9.17, 15) is 4.79 Å². The molecule has 2 aliphatic rings. The van der Waals surface area contributed by atoms with Gasteiger partial charge in [0, 0.05) is 24.7 Å². The van der Waals surface area contributed by atoms with Gasteiger partial charge in [-0.1, -0.05) is 48.5 Å². The number of carbonyl (C=O) groups is 1. The summed E-state index contributed by atoms with van der Waals surface area (Å²) in [4.78, 5) is 15.1. The summed E-state index contributed by atoms with van der Waals surface area (Å²) in [6.07, 6.45) is 3.08. The molecule has 3 unspecified atom stereocenters. The van der Waals surface area contributed by atoms with Gasteiger partial charge in [0.05, 0.1) is 0 Å². The van der Waals surface area contributed by atoms with Gasteiger partial charge < -0.3 is 10.6 Å². The highest BCUT2D eigenvalue weighted by molar-refractivity contribution is 5.96. The second-order valence-corrected chi connectivity index (χ2v) is 7.19. The second kappa shape index (κ2) is 7.59. The molecule has 1 saturated heterocycles. The number of benzene rings is 2. The number of fused-ring (bicyclic) bond motifs is 1. The molecule has 1 heterocycles. The fourth-order valence-corrected chi connectivity index (χ4v) is 4.34. The molecule has 0 aromatic heterocycles. The molecule has 1 saturated carbocycles. The lowest BCUT2D eigenvalue weighted by Gasteiger charge is -2.20. The van der Waals surface area contributed by atoms with Gasteiger partial charge in [0.2, 0.25) is 0 Å². The number of halogens is 1. The Hall–Kier alpha value is -1.84. The van der Waals surface area contributed by atoms with E-state index in [1.807, 2.05) is 41.3 Å². The van der Waals surface area contributed by atoms with Gasteiger partial charge in [-0.3, -0.25) is 4.79 Å². The molecule has 25 heavy (non-hydrogen) atoms. The first-order chi connectivity index (χ1) is 11.7. The van der Waals surface area contributed by atoms with Crippen molar-refractivity contribution in [3.8, 4) is 0 Å². The molecular weight excluding hydrogens is 332 g/mol. The lowest BCUT2D eigenvalue weighted by molar-refractivity contribution is 0.0778. The van der Waals surface area contributed by atoms with Crippen LogP contribution >= 0.6 is 12.4 Å². The van der Waals surface area contributed by atoms with E-state index < -0.39 is 0 Å². The molecule has 2 aromatic carbocycles. The maximum Gasteiger partial charge on any atom is 0.254 e. The van der Waals surface area contributed by atoms with E-state index in [4.69, 9.17) is 5.73 Å². The predicted molar refractivity (Wildman–Crippen MR) is 103 cm³/mol. The molecule has 0 spiro atoms. The Labute approximate surface area is 155 Å². The monoisotopic (exact) mass is 356 g/mol. The molecule has 3 atom stereocenters. The highest BCUT2D eigenvalue weighted by Gasteiger charge is 2.42. The Kier molecular flexibility index (Phi) is 5.45. The maximum atomic E-state index is 13.1. The van der Waals surface area contributed by atoms with Gasteiger partial charge in [0.15, 0.2) is 0 Å². The molecule has 2 N–H and O–H groups in total. The number of hydrogen-bond acceptors (Lipinski definition) is 2. The Bertz CT molecular complexity index is 734. The van der Waals surface area contributed by atoms with Crippen molar-refractivity contribution in [2.45, 2.75) is 25.3 Å². The zero-order valence-corrected chi connectivity index (χ0v) is 15.1. The van der Waals surface area contributed by atoms with Crippen molar-refractivity contribution in [3.05, 3.63) is 71.3 Å². The van der Waals surface area contributed by atoms with Crippen LogP contribution in [0.25, 0.3) is 0 Å². The third kappa shape index (κ3) is 3.58. The van der Waals surface area contributed by atoms with Gasteiger partial charge >= 0.3 is 0 Å². The average Bonchev–Trinajstić information content (AvgIpc) is 3.18. The number of hydrogen-bond donors (Lipinski definition) is 1. The third-order valence-electron chi connectivity index (χ3n) is 5.68. The van der Waals surface area contributed by atoms with E-state index in [0.29, 0.717) is 11.8 Å². The van der Waals surface area contributed by atoms with E-state index in [-0.39, 0.29) is 24.4 Å². The first-order valence-corrected chi connectivity index (χ1v) is 8.89. The Balaban J connectivity index is 0.00000182. The Morgan fingerprint density at radius 2 is 1.72 bits per heavy atom. The summed E-state index contributed by atoms with van der Waals surface area (Å²) in [6.45, 7) is 1.70. The lowest BCUT2D eigenvalue weighted by Crippen LogP contribution is -2.33. The highest BCUT2D eigenvalue weighted by Crippen LogP contribution is 2.37. The zero-order valence-electron chi connectivity index (χ0n) is 14.3. The molecule has 0 radical (unpaired) electrons. The van der Waals surface area contributed by atoms with Crippen molar-refractivity contribution in [1.29, 1.82) is 0 Å². The molecule has 1 amide bonds. The minimum absolute atomic E-state index is 0. The van der Waals surface area contributed by atoms with Crippen LogP contribution in [0.5, 0.6) is 0 Å². The smallest absolute Gasteiger partial charge is 0.254 e. The van der Waals surface area contributed by atoms with Crippen LogP contribution in [-0.2, 0) is 6.42 Å². The van der Waals surface area contributed by atoms with Crippen LogP contribution in [0.15, 0.2) is 54.6 Å². The van der Waals surface area contributed by atoms with E-state index in [1.54, 1.807) is 0 Å². The summed E-state index contributed by atoms with van der Waals surface area (Å²) in [5, 5.41) is 0. The maximum absolute atomic E-state index is 13.1. The Morgan fingerprint density at radius 1 is 1.00 bits per heavy atom. The minimum atomic E-state index is 0. The minimum Gasteiger partial charge on any atom is -0.338 e. The summed E-state index contributed by atoms with van der Waals surface area (Å²) in [5.41, 5.74) is 9.40. The summed E-state index contributed by atoms with van der Waals surface area (Å²) in [5.74, 6) is 1.27. The molecule has 0 bridgehead atoms. The molecule has 3 nitrogen and oxygen atoms in total. The first-order valence-electron chi connectivity index (χ1n) is 8.89. The van der Waals surface area contributed by atoms with Gasteiger partial charge in [-0.25, -0.2) is 0 Å². The van der Waals surface area contributed by atoms with Gasteiger partial charge in [0.1, 0.15) is 0 Å². The number of amides is 1. The van der Waals surface area contributed by atoms with Gasteiger partial charge in [-0.15, -0.1) is 12.4 Å². The summed E-state index contributed by atoms with van der Waals surface area (Å²) in [7, 11) is 0. The number of rotatable bonds is 3. The fourth-order valence-electron chi connectivity index (χ4n) is 4.34. The second-order valence-electron chi connectivity index (χ2n) is 7.19. The Morgan fingerprint density at radius 3 is 2.48 bits per heavy atom. The first kappa shape index (κ1) is 18.0. The molecule has 4 rings (SSSR count). The van der Waals surface area contributed by atoms with Crippen LogP contribution in [0.2, 0.25) is 0 Å². The van der Waals surface area contributed by atoms with Crippen LogP contribution in [0.3, 0.4) is 0 Å². The van der Waals surface area contributed by atoms with Crippen molar-refractivity contribution in [3.63, 3.8) is 0 Å². The molecule has 132 valence electrons. The van der Waals surface area contributed by atoms with Crippen molar-refractivity contribution < 1.29 is 4.79 Å². The quantitative estimate of drug-likeness (QED) is 0.914. The van der Waals surface area contributed by atoms with Crippen LogP contribution in [0, 0.1) is 11.8 Å². The van der Waals surface area contributed by atoms with Crippen LogP contribution in [-0.4, -0.2) is 29.9 Å².